The number of benzene rings is 2. The van der Waals surface area contributed by atoms with Crippen LogP contribution in [0.4, 0.5) is 0 Å². The van der Waals surface area contributed by atoms with Crippen molar-refractivity contribution in [2.45, 2.75) is 13.0 Å². The number of nitrogens with zero attached hydrogens (tertiary/aromatic N) is 1. The highest BCUT2D eigenvalue weighted by Crippen LogP contribution is 2.39. The number of nitrogens with one attached hydrogen (secondary N) is 3. The number of ether oxygens (including phenoxy) is 1. The van der Waals surface area contributed by atoms with E-state index in [1.807, 2.05) is 48.7 Å². The van der Waals surface area contributed by atoms with Crippen molar-refractivity contribution < 1.29 is 19.2 Å². The summed E-state index contributed by atoms with van der Waals surface area (Å²) in [6.07, 6.45) is 4.49. The summed E-state index contributed by atoms with van der Waals surface area (Å²) in [5.74, 6) is -0.120. The number of rotatable bonds is 8. The van der Waals surface area contributed by atoms with Crippen molar-refractivity contribution in [1.82, 2.24) is 20.3 Å². The molecule has 2 aromatic heterocycles. The summed E-state index contributed by atoms with van der Waals surface area (Å²) in [5.41, 5.74) is 6.67. The molecule has 0 aliphatic carbocycles. The van der Waals surface area contributed by atoms with Gasteiger partial charge in [0.15, 0.2) is 0 Å². The molecule has 33 heavy (non-hydrogen) atoms. The van der Waals surface area contributed by atoms with E-state index in [-0.39, 0.29) is 0 Å². The fraction of sp³-hybridized carbons (Fsp3) is 0.200. The molecule has 1 aliphatic rings. The van der Waals surface area contributed by atoms with Gasteiger partial charge in [0.2, 0.25) is 0 Å². The molecule has 4 aromatic rings. The number of hydrogen-bond acceptors (Lipinski definition) is 5. The molecule has 3 N–H and O–H groups in total. The smallest absolute Gasteiger partial charge is 0.259 e. The molecule has 8 heteroatoms. The van der Waals surface area contributed by atoms with Crippen LogP contribution in [0.25, 0.3) is 33.0 Å². The summed E-state index contributed by atoms with van der Waals surface area (Å²) in [6, 6.07) is 13.5. The van der Waals surface area contributed by atoms with Crippen molar-refractivity contribution >= 4 is 44.8 Å². The van der Waals surface area contributed by atoms with Crippen LogP contribution in [0.15, 0.2) is 54.9 Å². The van der Waals surface area contributed by atoms with Gasteiger partial charge in [-0.2, -0.15) is 0 Å². The molecule has 168 valence electrons. The lowest BCUT2D eigenvalue weighted by Crippen LogP contribution is -2.22. The lowest BCUT2D eigenvalue weighted by atomic mass is 9.95. The zero-order chi connectivity index (χ0) is 22.9. The third kappa shape index (κ3) is 3.59. The molecule has 0 fully saturated rings. The van der Waals surface area contributed by atoms with E-state index in [0.717, 1.165) is 28.2 Å². The van der Waals surface area contributed by atoms with Gasteiger partial charge in [-0.05, 0) is 30.7 Å². The number of aryl methyl sites for hydroxylation is 1. The second-order valence-corrected chi connectivity index (χ2v) is 7.81. The summed E-state index contributed by atoms with van der Waals surface area (Å²) in [7, 11) is 3.33. The van der Waals surface area contributed by atoms with E-state index >= 15 is 0 Å². The number of carbonyl (C=O) groups is 2. The van der Waals surface area contributed by atoms with Crippen LogP contribution < -0.4 is 15.5 Å². The summed E-state index contributed by atoms with van der Waals surface area (Å²) < 4.78 is 7.52. The first kappa shape index (κ1) is 21.0. The van der Waals surface area contributed by atoms with Gasteiger partial charge in [-0.25, -0.2) is 5.48 Å². The first-order valence-corrected chi connectivity index (χ1v) is 10.7. The Kier molecular flexibility index (Phi) is 5.45. The van der Waals surface area contributed by atoms with E-state index in [0.29, 0.717) is 41.2 Å². The van der Waals surface area contributed by atoms with Crippen LogP contribution in [0.5, 0.6) is 5.75 Å². The molecule has 0 spiro atoms. The fourth-order valence-electron chi connectivity index (χ4n) is 4.44. The van der Waals surface area contributed by atoms with Crippen LogP contribution in [0.2, 0.25) is 0 Å². The number of hydroxylamine groups is 1. The number of methoxy groups -OCH3 is 1. The number of aromatic nitrogens is 2. The molecule has 2 amide bonds. The number of imide groups is 1. The molecule has 0 atom stereocenters. The van der Waals surface area contributed by atoms with Gasteiger partial charge in [-0.1, -0.05) is 18.2 Å². The predicted octanol–water partition coefficient (Wildman–Crippen LogP) is 3.24. The Hall–Kier alpha value is -3.88. The highest BCUT2D eigenvalue weighted by atomic mass is 16.6. The van der Waals surface area contributed by atoms with Gasteiger partial charge in [0.1, 0.15) is 5.75 Å². The maximum atomic E-state index is 13.1. The Morgan fingerprint density at radius 1 is 1.00 bits per heavy atom. The summed E-state index contributed by atoms with van der Waals surface area (Å²) in [6.45, 7) is 1.24. The molecule has 8 nitrogen and oxygen atoms in total. The van der Waals surface area contributed by atoms with Crippen LogP contribution in [-0.2, 0) is 21.0 Å². The molecule has 0 saturated heterocycles. The molecule has 0 saturated carbocycles. The number of fused-ring (bicyclic) bond motifs is 2. The highest BCUT2D eigenvalue weighted by molar-refractivity contribution is 6.50. The van der Waals surface area contributed by atoms with E-state index in [2.05, 4.69) is 20.3 Å². The molecule has 1 aliphatic heterocycles. The number of H-pyrrole nitrogens is 1. The maximum absolute atomic E-state index is 13.1. The van der Waals surface area contributed by atoms with Crippen LogP contribution in [0.1, 0.15) is 17.5 Å². The second-order valence-electron chi connectivity index (χ2n) is 7.81. The minimum atomic E-state index is -0.402. The third-order valence-corrected chi connectivity index (χ3v) is 5.94. The Bertz CT molecular complexity index is 1410. The van der Waals surface area contributed by atoms with Gasteiger partial charge in [0.05, 0.1) is 24.9 Å². The zero-order valence-electron chi connectivity index (χ0n) is 18.4. The second kappa shape index (κ2) is 8.57. The topological polar surface area (TPSA) is 97.4 Å². The van der Waals surface area contributed by atoms with Crippen LogP contribution >= 0.6 is 0 Å². The molecular formula is C25H24N4O4. The van der Waals surface area contributed by atoms with Crippen molar-refractivity contribution in [3.63, 3.8) is 0 Å². The van der Waals surface area contributed by atoms with E-state index in [1.54, 1.807) is 20.4 Å². The number of aromatic amines is 1. The Labute approximate surface area is 190 Å². The quantitative estimate of drug-likeness (QED) is 0.220. The molecule has 5 rings (SSSR count). The average Bonchev–Trinajstić information content (AvgIpc) is 3.49. The first-order chi connectivity index (χ1) is 16.1. The number of amides is 2. The SMILES string of the molecule is CNOCCCn1cc(C2=C(c3c[nH]c4ccccc34)C(=O)NC2=O)c2cc(OC)ccc21. The summed E-state index contributed by atoms with van der Waals surface area (Å²) in [4.78, 5) is 34.5. The zero-order valence-corrected chi connectivity index (χ0v) is 18.4. The minimum absolute atomic E-state index is 0.369. The molecule has 3 heterocycles. The normalized spacial score (nSPS) is 14.0. The Morgan fingerprint density at radius 3 is 2.58 bits per heavy atom. The molecule has 2 aromatic carbocycles. The lowest BCUT2D eigenvalue weighted by Gasteiger charge is -2.06. The van der Waals surface area contributed by atoms with Crippen molar-refractivity contribution in [3.8, 4) is 5.75 Å². The van der Waals surface area contributed by atoms with Crippen LogP contribution in [-0.4, -0.2) is 42.1 Å². The largest absolute Gasteiger partial charge is 0.497 e. The van der Waals surface area contributed by atoms with Crippen molar-refractivity contribution in [3.05, 3.63) is 66.0 Å². The third-order valence-electron chi connectivity index (χ3n) is 5.94. The molecule has 0 bridgehead atoms. The molecule has 0 unspecified atom stereocenters. The summed E-state index contributed by atoms with van der Waals surface area (Å²) >= 11 is 0. The first-order valence-electron chi connectivity index (χ1n) is 10.7. The number of para-hydroxylation sites is 1. The fourth-order valence-corrected chi connectivity index (χ4v) is 4.44. The van der Waals surface area contributed by atoms with Gasteiger partial charge in [-0.15, -0.1) is 0 Å². The van der Waals surface area contributed by atoms with Crippen molar-refractivity contribution in [1.29, 1.82) is 0 Å². The Balaban J connectivity index is 1.71. The monoisotopic (exact) mass is 444 g/mol. The van der Waals surface area contributed by atoms with Gasteiger partial charge < -0.3 is 19.1 Å². The summed E-state index contributed by atoms with van der Waals surface area (Å²) in [5, 5.41) is 4.23. The van der Waals surface area contributed by atoms with E-state index < -0.39 is 11.8 Å². The molecular weight excluding hydrogens is 420 g/mol. The average molecular weight is 444 g/mol. The van der Waals surface area contributed by atoms with Crippen molar-refractivity contribution in [2.75, 3.05) is 20.8 Å². The van der Waals surface area contributed by atoms with Crippen molar-refractivity contribution in [2.24, 2.45) is 0 Å². The predicted molar refractivity (Wildman–Crippen MR) is 126 cm³/mol. The maximum Gasteiger partial charge on any atom is 0.259 e. The van der Waals surface area contributed by atoms with Crippen LogP contribution in [0, 0.1) is 0 Å². The van der Waals surface area contributed by atoms with E-state index in [1.165, 1.54) is 0 Å². The van der Waals surface area contributed by atoms with E-state index in [4.69, 9.17) is 9.57 Å². The number of carbonyl (C=O) groups excluding carboxylic acids is 2. The number of hydrogen-bond donors (Lipinski definition) is 3. The Morgan fingerprint density at radius 2 is 1.79 bits per heavy atom. The highest BCUT2D eigenvalue weighted by Gasteiger charge is 2.35. The van der Waals surface area contributed by atoms with Gasteiger partial charge in [-0.3, -0.25) is 14.9 Å². The van der Waals surface area contributed by atoms with Gasteiger partial charge >= 0.3 is 0 Å². The molecule has 0 radical (unpaired) electrons. The van der Waals surface area contributed by atoms with Crippen LogP contribution in [0.3, 0.4) is 0 Å². The standard InChI is InChI=1S/C25H24N4O4/c1-26-33-11-5-10-29-14-19(17-12-15(32-2)8-9-21(17)29)23-22(24(30)28-25(23)31)18-13-27-20-7-4-3-6-16(18)20/h3-4,6-9,12-14,26-27H,5,10-11H2,1-2H3,(H,28,30,31). The van der Waals surface area contributed by atoms with E-state index in [9.17, 15) is 9.59 Å². The minimum Gasteiger partial charge on any atom is -0.497 e. The van der Waals surface area contributed by atoms with Gasteiger partial charge in [0, 0.05) is 58.9 Å². The lowest BCUT2D eigenvalue weighted by molar-refractivity contribution is -0.122. The van der Waals surface area contributed by atoms with Gasteiger partial charge in [0.25, 0.3) is 11.8 Å².